The van der Waals surface area contributed by atoms with E-state index in [0.29, 0.717) is 27.2 Å². The van der Waals surface area contributed by atoms with Crippen molar-refractivity contribution in [3.8, 4) is 0 Å². The average molecular weight is 325 g/mol. The molecule has 0 saturated carbocycles. The smallest absolute Gasteiger partial charge is 0.258 e. The minimum Gasteiger partial charge on any atom is -0.354 e. The van der Waals surface area contributed by atoms with Gasteiger partial charge in [-0.15, -0.1) is 0 Å². The highest BCUT2D eigenvalue weighted by Gasteiger charge is 2.08. The lowest BCUT2D eigenvalue weighted by Crippen LogP contribution is -2.13. The fourth-order valence-corrected chi connectivity index (χ4v) is 2.13. The monoisotopic (exact) mass is 324 g/mol. The fourth-order valence-electron chi connectivity index (χ4n) is 1.60. The molecule has 0 aliphatic rings. The largest absolute Gasteiger partial charge is 0.354 e. The molecule has 0 radical (unpaired) electrons. The van der Waals surface area contributed by atoms with Crippen LogP contribution in [0.1, 0.15) is 23.7 Å². The molecule has 21 heavy (non-hydrogen) atoms. The molecule has 2 aromatic rings. The Hall–Kier alpha value is -1.85. The first-order chi connectivity index (χ1) is 10.1. The molecule has 5 nitrogen and oxygen atoms in total. The van der Waals surface area contributed by atoms with Crippen molar-refractivity contribution in [1.29, 1.82) is 0 Å². The molecule has 1 aromatic carbocycles. The third-order valence-corrected chi connectivity index (χ3v) is 3.00. The second-order valence-corrected chi connectivity index (χ2v) is 5.21. The molecule has 0 spiro atoms. The van der Waals surface area contributed by atoms with E-state index in [0.717, 1.165) is 13.0 Å². The van der Waals surface area contributed by atoms with Crippen molar-refractivity contribution < 1.29 is 4.79 Å². The van der Waals surface area contributed by atoms with E-state index in [2.05, 4.69) is 20.6 Å². The molecule has 7 heteroatoms. The van der Waals surface area contributed by atoms with Gasteiger partial charge in [-0.2, -0.15) is 0 Å². The van der Waals surface area contributed by atoms with Crippen molar-refractivity contribution in [1.82, 2.24) is 9.97 Å². The van der Waals surface area contributed by atoms with Crippen LogP contribution in [0.3, 0.4) is 0 Å². The number of rotatable bonds is 5. The number of anilines is 2. The molecule has 1 amide bonds. The molecule has 0 fully saturated rings. The Bertz CT molecular complexity index is 611. The molecule has 1 heterocycles. The molecule has 110 valence electrons. The van der Waals surface area contributed by atoms with E-state index >= 15 is 0 Å². The number of aromatic nitrogens is 2. The standard InChI is InChI=1S/C14H14Cl2N4O/c1-2-3-17-14-18-7-9(8-19-14)13(21)20-12-5-10(15)4-11(16)6-12/h4-8H,2-3H2,1H3,(H,20,21)(H,17,18,19). The maximum atomic E-state index is 12.1. The first kappa shape index (κ1) is 15.5. The predicted octanol–water partition coefficient (Wildman–Crippen LogP) is 3.86. The van der Waals surface area contributed by atoms with Gasteiger partial charge < -0.3 is 10.6 Å². The summed E-state index contributed by atoms with van der Waals surface area (Å²) in [5, 5.41) is 6.63. The van der Waals surface area contributed by atoms with Crippen molar-refractivity contribution >= 4 is 40.7 Å². The number of benzene rings is 1. The second kappa shape index (κ2) is 7.24. The number of carbonyl (C=O) groups is 1. The zero-order valence-electron chi connectivity index (χ0n) is 11.4. The van der Waals surface area contributed by atoms with Gasteiger partial charge in [0.05, 0.1) is 5.56 Å². The number of carbonyl (C=O) groups excluding carboxylic acids is 1. The molecule has 2 rings (SSSR count). The first-order valence-electron chi connectivity index (χ1n) is 6.42. The van der Waals surface area contributed by atoms with E-state index in [-0.39, 0.29) is 5.91 Å². The Labute approximate surface area is 132 Å². The summed E-state index contributed by atoms with van der Waals surface area (Å²) in [7, 11) is 0. The van der Waals surface area contributed by atoms with Crippen molar-refractivity contribution in [2.24, 2.45) is 0 Å². The summed E-state index contributed by atoms with van der Waals surface area (Å²) in [5.41, 5.74) is 0.874. The van der Waals surface area contributed by atoms with Gasteiger partial charge >= 0.3 is 0 Å². The molecule has 0 saturated heterocycles. The van der Waals surface area contributed by atoms with Gasteiger partial charge in [0, 0.05) is 34.7 Å². The van der Waals surface area contributed by atoms with Crippen LogP contribution in [0, 0.1) is 0 Å². The van der Waals surface area contributed by atoms with Gasteiger partial charge in [0.2, 0.25) is 5.95 Å². The summed E-state index contributed by atoms with van der Waals surface area (Å²) in [6.07, 6.45) is 3.90. The molecule has 0 bridgehead atoms. The van der Waals surface area contributed by atoms with Gasteiger partial charge in [-0.1, -0.05) is 30.1 Å². The van der Waals surface area contributed by atoms with Crippen LogP contribution in [0.4, 0.5) is 11.6 Å². The quantitative estimate of drug-likeness (QED) is 0.876. The fraction of sp³-hybridized carbons (Fsp3) is 0.214. The van der Waals surface area contributed by atoms with Crippen LogP contribution in [0.25, 0.3) is 0 Å². The third-order valence-electron chi connectivity index (χ3n) is 2.57. The summed E-state index contributed by atoms with van der Waals surface area (Å²) in [5.74, 6) is 0.176. The third kappa shape index (κ3) is 4.58. The SMILES string of the molecule is CCCNc1ncc(C(=O)Nc2cc(Cl)cc(Cl)c2)cn1. The van der Waals surface area contributed by atoms with Crippen LogP contribution in [-0.4, -0.2) is 22.4 Å². The van der Waals surface area contributed by atoms with Gasteiger partial charge in [-0.25, -0.2) is 9.97 Å². The van der Waals surface area contributed by atoms with Crippen molar-refractivity contribution in [3.63, 3.8) is 0 Å². The number of hydrogen-bond acceptors (Lipinski definition) is 4. The van der Waals surface area contributed by atoms with Gasteiger partial charge in [0.1, 0.15) is 0 Å². The molecular formula is C14H14Cl2N4O. The molecule has 2 N–H and O–H groups in total. The van der Waals surface area contributed by atoms with E-state index < -0.39 is 0 Å². The van der Waals surface area contributed by atoms with Crippen molar-refractivity contribution in [3.05, 3.63) is 46.2 Å². The maximum Gasteiger partial charge on any atom is 0.258 e. The summed E-state index contributed by atoms with van der Waals surface area (Å²) < 4.78 is 0. The molecule has 0 unspecified atom stereocenters. The topological polar surface area (TPSA) is 66.9 Å². The van der Waals surface area contributed by atoms with E-state index in [1.807, 2.05) is 6.92 Å². The Kier molecular flexibility index (Phi) is 5.36. The van der Waals surface area contributed by atoms with Crippen LogP contribution in [0.15, 0.2) is 30.6 Å². The first-order valence-corrected chi connectivity index (χ1v) is 7.17. The van der Waals surface area contributed by atoms with E-state index in [4.69, 9.17) is 23.2 Å². The Balaban J connectivity index is 2.06. The van der Waals surface area contributed by atoms with E-state index in [1.54, 1.807) is 18.2 Å². The van der Waals surface area contributed by atoms with Gasteiger partial charge in [0.25, 0.3) is 5.91 Å². The summed E-state index contributed by atoms with van der Waals surface area (Å²) in [6, 6.07) is 4.82. The number of nitrogens with zero attached hydrogens (tertiary/aromatic N) is 2. The minimum atomic E-state index is -0.324. The Morgan fingerprint density at radius 2 is 1.76 bits per heavy atom. The average Bonchev–Trinajstić information content (AvgIpc) is 2.44. The normalized spacial score (nSPS) is 10.2. The molecule has 0 aliphatic carbocycles. The van der Waals surface area contributed by atoms with Crippen LogP contribution in [0.2, 0.25) is 10.0 Å². The summed E-state index contributed by atoms with van der Waals surface area (Å²) in [6.45, 7) is 2.83. The number of amides is 1. The number of hydrogen-bond donors (Lipinski definition) is 2. The number of halogens is 2. The highest BCUT2D eigenvalue weighted by molar-refractivity contribution is 6.35. The highest BCUT2D eigenvalue weighted by Crippen LogP contribution is 2.22. The molecule has 1 aromatic heterocycles. The van der Waals surface area contributed by atoms with Crippen LogP contribution in [-0.2, 0) is 0 Å². The van der Waals surface area contributed by atoms with Crippen LogP contribution in [0.5, 0.6) is 0 Å². The predicted molar refractivity (Wildman–Crippen MR) is 85.2 cm³/mol. The maximum absolute atomic E-state index is 12.1. The Morgan fingerprint density at radius 3 is 2.33 bits per heavy atom. The lowest BCUT2D eigenvalue weighted by atomic mass is 10.3. The summed E-state index contributed by atoms with van der Waals surface area (Å²) in [4.78, 5) is 20.2. The van der Waals surface area contributed by atoms with Crippen LogP contribution >= 0.6 is 23.2 Å². The van der Waals surface area contributed by atoms with Gasteiger partial charge in [0.15, 0.2) is 0 Å². The van der Waals surface area contributed by atoms with E-state index in [9.17, 15) is 4.79 Å². The van der Waals surface area contributed by atoms with Crippen molar-refractivity contribution in [2.75, 3.05) is 17.2 Å². The summed E-state index contributed by atoms with van der Waals surface area (Å²) >= 11 is 11.8. The van der Waals surface area contributed by atoms with Crippen molar-refractivity contribution in [2.45, 2.75) is 13.3 Å². The molecule has 0 aliphatic heterocycles. The number of nitrogens with one attached hydrogen (secondary N) is 2. The Morgan fingerprint density at radius 1 is 1.14 bits per heavy atom. The molecular weight excluding hydrogens is 311 g/mol. The highest BCUT2D eigenvalue weighted by atomic mass is 35.5. The zero-order valence-corrected chi connectivity index (χ0v) is 12.9. The lowest BCUT2D eigenvalue weighted by Gasteiger charge is -2.07. The van der Waals surface area contributed by atoms with E-state index in [1.165, 1.54) is 12.4 Å². The molecule has 0 atom stereocenters. The second-order valence-electron chi connectivity index (χ2n) is 4.33. The van der Waals surface area contributed by atoms with Gasteiger partial charge in [-0.05, 0) is 24.6 Å². The lowest BCUT2D eigenvalue weighted by molar-refractivity contribution is 0.102. The zero-order chi connectivity index (χ0) is 15.2. The van der Waals surface area contributed by atoms with Crippen LogP contribution < -0.4 is 10.6 Å². The van der Waals surface area contributed by atoms with Gasteiger partial charge in [-0.3, -0.25) is 4.79 Å². The minimum absolute atomic E-state index is 0.324.